The molecular weight excluding hydrogens is 540 g/mol. The Morgan fingerprint density at radius 1 is 0.951 bits per heavy atom. The van der Waals surface area contributed by atoms with Crippen molar-refractivity contribution < 1.29 is 23.1 Å². The Labute approximate surface area is 243 Å². The van der Waals surface area contributed by atoms with Crippen LogP contribution in [0, 0.1) is 11.8 Å². The Hall–Kier alpha value is -3.11. The number of carboxylic acids is 1. The van der Waals surface area contributed by atoms with Gasteiger partial charge in [-0.25, -0.2) is 13.2 Å². The van der Waals surface area contributed by atoms with E-state index in [0.717, 1.165) is 63.5 Å². The molecule has 1 amide bonds. The number of para-hydroxylation sites is 1. The van der Waals surface area contributed by atoms with Crippen LogP contribution in [-0.2, 0) is 14.8 Å². The molecule has 1 aliphatic heterocycles. The van der Waals surface area contributed by atoms with Crippen LogP contribution >= 0.6 is 0 Å². The Morgan fingerprint density at radius 3 is 2.20 bits per heavy atom. The number of nitrogens with zero attached hydrogens (tertiary/aromatic N) is 2. The standard InChI is InChI=1S/C31H42N4O5S/c1-32-25-19-26-28(18-24(25)30(36)33-29(31(37)38)22-14-8-4-9-15-22)41(39,40)34(2)27(21-12-6-3-7-13-21)20-35(26)23-16-10-5-11-17-23/h5,10-11,16-19,21-22,27,29,32H,3-4,6-9,12-15,20H2,1-2H3,(H,33,36)(H,37,38)/t27-,29?/m0/s1. The summed E-state index contributed by atoms with van der Waals surface area (Å²) >= 11 is 0. The summed E-state index contributed by atoms with van der Waals surface area (Å²) < 4.78 is 30.0. The molecular formula is C31H42N4O5S. The van der Waals surface area contributed by atoms with Crippen molar-refractivity contribution in [2.75, 3.05) is 30.9 Å². The molecule has 0 bridgehead atoms. The number of benzene rings is 2. The van der Waals surface area contributed by atoms with Crippen LogP contribution in [0.5, 0.6) is 0 Å². The number of rotatable bonds is 7. The normalized spacial score (nSPS) is 22.8. The first-order valence-electron chi connectivity index (χ1n) is 14.9. The second kappa shape index (κ2) is 12.4. The Bertz CT molecular complexity index is 1350. The zero-order valence-corrected chi connectivity index (χ0v) is 24.8. The molecule has 9 nitrogen and oxygen atoms in total. The molecule has 10 heteroatoms. The van der Waals surface area contributed by atoms with E-state index in [1.807, 2.05) is 30.3 Å². The highest BCUT2D eigenvalue weighted by molar-refractivity contribution is 7.89. The van der Waals surface area contributed by atoms with E-state index >= 15 is 0 Å². The number of anilines is 3. The van der Waals surface area contributed by atoms with Gasteiger partial charge in [0, 0.05) is 38.1 Å². The Kier molecular flexibility index (Phi) is 8.89. The third kappa shape index (κ3) is 5.95. The topological polar surface area (TPSA) is 119 Å². The number of carbonyl (C=O) groups excluding carboxylic acids is 1. The number of carbonyl (C=O) groups is 2. The zero-order chi connectivity index (χ0) is 29.1. The lowest BCUT2D eigenvalue weighted by molar-refractivity contribution is -0.141. The van der Waals surface area contributed by atoms with Crippen molar-refractivity contribution in [2.24, 2.45) is 11.8 Å². The van der Waals surface area contributed by atoms with Crippen molar-refractivity contribution in [2.45, 2.75) is 81.2 Å². The number of hydrogen-bond acceptors (Lipinski definition) is 6. The van der Waals surface area contributed by atoms with Gasteiger partial charge in [0.05, 0.1) is 11.3 Å². The van der Waals surface area contributed by atoms with Gasteiger partial charge in [0.2, 0.25) is 10.0 Å². The number of aliphatic carboxylic acids is 1. The van der Waals surface area contributed by atoms with Gasteiger partial charge in [0.15, 0.2) is 0 Å². The second-order valence-electron chi connectivity index (χ2n) is 11.7. The van der Waals surface area contributed by atoms with Crippen LogP contribution < -0.4 is 15.5 Å². The monoisotopic (exact) mass is 582 g/mol. The number of hydrogen-bond donors (Lipinski definition) is 3. The third-order valence-corrected chi connectivity index (χ3v) is 11.2. The fraction of sp³-hybridized carbons (Fsp3) is 0.548. The van der Waals surface area contributed by atoms with Gasteiger partial charge < -0.3 is 20.6 Å². The summed E-state index contributed by atoms with van der Waals surface area (Å²) in [6, 6.07) is 11.7. The third-order valence-electron chi connectivity index (χ3n) is 9.33. The molecule has 0 aromatic heterocycles. The minimum Gasteiger partial charge on any atom is -0.480 e. The van der Waals surface area contributed by atoms with Gasteiger partial charge in [-0.05, 0) is 61.8 Å². The molecule has 2 aromatic rings. The van der Waals surface area contributed by atoms with Crippen LogP contribution in [0.25, 0.3) is 0 Å². The summed E-state index contributed by atoms with van der Waals surface area (Å²) in [5, 5.41) is 15.8. The van der Waals surface area contributed by atoms with Gasteiger partial charge in [0.1, 0.15) is 10.9 Å². The van der Waals surface area contributed by atoms with E-state index in [1.165, 1.54) is 16.8 Å². The van der Waals surface area contributed by atoms with E-state index in [1.54, 1.807) is 20.2 Å². The molecule has 0 spiro atoms. The first kappa shape index (κ1) is 29.4. The summed E-state index contributed by atoms with van der Waals surface area (Å²) in [5.41, 5.74) is 1.95. The van der Waals surface area contributed by atoms with E-state index in [-0.39, 0.29) is 28.3 Å². The molecule has 0 saturated heterocycles. The number of sulfonamides is 1. The van der Waals surface area contributed by atoms with E-state index in [2.05, 4.69) is 15.5 Å². The average Bonchev–Trinajstić information content (AvgIpc) is 3.08. The molecule has 41 heavy (non-hydrogen) atoms. The Balaban J connectivity index is 1.59. The highest BCUT2D eigenvalue weighted by Gasteiger charge is 2.42. The van der Waals surface area contributed by atoms with Gasteiger partial charge in [-0.15, -0.1) is 0 Å². The lowest BCUT2D eigenvalue weighted by Crippen LogP contribution is -2.46. The molecule has 2 aliphatic carbocycles. The second-order valence-corrected chi connectivity index (χ2v) is 13.7. The van der Waals surface area contributed by atoms with E-state index in [4.69, 9.17) is 0 Å². The zero-order valence-electron chi connectivity index (χ0n) is 24.0. The first-order chi connectivity index (χ1) is 19.7. The van der Waals surface area contributed by atoms with Crippen LogP contribution in [0.2, 0.25) is 0 Å². The van der Waals surface area contributed by atoms with E-state index < -0.39 is 27.9 Å². The predicted octanol–water partition coefficient (Wildman–Crippen LogP) is 5.21. The number of nitrogens with one attached hydrogen (secondary N) is 2. The van der Waals surface area contributed by atoms with Gasteiger partial charge in [0.25, 0.3) is 5.91 Å². The number of amides is 1. The molecule has 5 rings (SSSR count). The quantitative estimate of drug-likeness (QED) is 0.410. The van der Waals surface area contributed by atoms with Gasteiger partial charge in [-0.2, -0.15) is 4.31 Å². The maximum atomic E-state index is 14.3. The van der Waals surface area contributed by atoms with Gasteiger partial charge in [-0.3, -0.25) is 4.79 Å². The molecule has 2 aromatic carbocycles. The van der Waals surface area contributed by atoms with Crippen molar-refractivity contribution in [3.8, 4) is 0 Å². The lowest BCUT2D eigenvalue weighted by Gasteiger charge is -2.36. The molecule has 3 aliphatic rings. The van der Waals surface area contributed by atoms with Crippen molar-refractivity contribution in [1.82, 2.24) is 9.62 Å². The predicted molar refractivity (Wildman–Crippen MR) is 160 cm³/mol. The summed E-state index contributed by atoms with van der Waals surface area (Å²) in [5.74, 6) is -1.57. The molecule has 1 heterocycles. The molecule has 3 N–H and O–H groups in total. The molecule has 2 atom stereocenters. The van der Waals surface area contributed by atoms with Crippen LogP contribution in [0.1, 0.15) is 74.6 Å². The number of fused-ring (bicyclic) bond motifs is 1. The van der Waals surface area contributed by atoms with E-state index in [9.17, 15) is 23.1 Å². The minimum atomic E-state index is -3.98. The maximum absolute atomic E-state index is 14.3. The summed E-state index contributed by atoms with van der Waals surface area (Å²) in [4.78, 5) is 28.0. The van der Waals surface area contributed by atoms with Crippen LogP contribution in [0.3, 0.4) is 0 Å². The molecule has 2 fully saturated rings. The summed E-state index contributed by atoms with van der Waals surface area (Å²) in [6.07, 6.45) is 9.75. The fourth-order valence-corrected chi connectivity index (χ4v) is 8.61. The molecule has 1 unspecified atom stereocenters. The highest BCUT2D eigenvalue weighted by Crippen LogP contribution is 2.43. The van der Waals surface area contributed by atoms with Crippen molar-refractivity contribution in [3.63, 3.8) is 0 Å². The molecule has 2 saturated carbocycles. The largest absolute Gasteiger partial charge is 0.480 e. The van der Waals surface area contributed by atoms with Gasteiger partial charge in [-0.1, -0.05) is 56.7 Å². The maximum Gasteiger partial charge on any atom is 0.326 e. The van der Waals surface area contributed by atoms with Crippen molar-refractivity contribution >= 4 is 39.0 Å². The Morgan fingerprint density at radius 2 is 1.59 bits per heavy atom. The van der Waals surface area contributed by atoms with Crippen LogP contribution in [0.15, 0.2) is 47.4 Å². The average molecular weight is 583 g/mol. The number of likely N-dealkylation sites (N-methyl/N-ethyl adjacent to an activating group) is 1. The van der Waals surface area contributed by atoms with Crippen LogP contribution in [0.4, 0.5) is 17.1 Å². The number of carboxylic acid groups (broad SMARTS) is 1. The van der Waals surface area contributed by atoms with Crippen molar-refractivity contribution in [3.05, 3.63) is 48.0 Å². The summed E-state index contributed by atoms with van der Waals surface area (Å²) in [7, 11) is -0.637. The lowest BCUT2D eigenvalue weighted by atomic mass is 9.83. The minimum absolute atomic E-state index is 0.0517. The fourth-order valence-electron chi connectivity index (χ4n) is 7.00. The molecule has 222 valence electrons. The smallest absolute Gasteiger partial charge is 0.326 e. The SMILES string of the molecule is CNc1cc2c(cc1C(=O)NC(C(=O)O)C1CCCCC1)S(=O)(=O)N(C)[C@H](C1CCCCC1)CN2c1ccccc1. The van der Waals surface area contributed by atoms with Crippen molar-refractivity contribution in [1.29, 1.82) is 0 Å². The van der Waals surface area contributed by atoms with Crippen LogP contribution in [-0.4, -0.2) is 62.4 Å². The first-order valence-corrected chi connectivity index (χ1v) is 16.4. The highest BCUT2D eigenvalue weighted by atomic mass is 32.2. The van der Waals surface area contributed by atoms with E-state index in [0.29, 0.717) is 17.9 Å². The summed E-state index contributed by atoms with van der Waals surface area (Å²) in [6.45, 7) is 0.495. The molecule has 0 radical (unpaired) electrons. The van der Waals surface area contributed by atoms with Gasteiger partial charge >= 0.3 is 5.97 Å².